The molecule has 8 heteroatoms. The molecule has 3 rings (SSSR count). The molecule has 0 aliphatic rings. The Morgan fingerprint density at radius 2 is 1.67 bits per heavy atom. The molecule has 0 aliphatic heterocycles. The predicted molar refractivity (Wildman–Crippen MR) is 118 cm³/mol. The van der Waals surface area contributed by atoms with Crippen molar-refractivity contribution in [1.82, 2.24) is 5.32 Å². The topological polar surface area (TPSA) is 84.5 Å². The molecule has 3 aromatic rings. The number of sulfonamides is 1. The van der Waals surface area contributed by atoms with E-state index in [9.17, 15) is 13.2 Å². The summed E-state index contributed by atoms with van der Waals surface area (Å²) in [5.41, 5.74) is 1.20. The van der Waals surface area contributed by atoms with Gasteiger partial charge in [-0.05, 0) is 43.3 Å². The number of hydrogen-bond acceptors (Lipinski definition) is 4. The number of carbonyl (C=O) groups excluding carboxylic acids is 1. The fourth-order valence-electron chi connectivity index (χ4n) is 2.95. The van der Waals surface area contributed by atoms with Crippen molar-refractivity contribution in [3.05, 3.63) is 88.9 Å². The zero-order valence-corrected chi connectivity index (χ0v) is 18.0. The molecule has 0 bridgehead atoms. The molecule has 0 saturated heterocycles. The molecule has 2 N–H and O–H groups in total. The first-order valence-electron chi connectivity index (χ1n) is 9.13. The van der Waals surface area contributed by atoms with Crippen molar-refractivity contribution in [2.24, 2.45) is 0 Å². The molecular weight excluding hydrogens is 424 g/mol. The third kappa shape index (κ3) is 4.93. The number of para-hydroxylation sites is 1. The number of methoxy groups -OCH3 is 1. The van der Waals surface area contributed by atoms with Gasteiger partial charge in [0.25, 0.3) is 15.9 Å². The number of carbonyl (C=O) groups is 1. The molecule has 156 valence electrons. The Balaban J connectivity index is 1.82. The largest absolute Gasteiger partial charge is 0.496 e. The van der Waals surface area contributed by atoms with E-state index in [0.717, 1.165) is 5.56 Å². The molecule has 1 amide bonds. The van der Waals surface area contributed by atoms with Crippen LogP contribution >= 0.6 is 11.6 Å². The average molecular weight is 445 g/mol. The minimum Gasteiger partial charge on any atom is -0.496 e. The maximum Gasteiger partial charge on any atom is 0.261 e. The number of benzene rings is 3. The quantitative estimate of drug-likeness (QED) is 0.556. The Hall–Kier alpha value is -3.03. The summed E-state index contributed by atoms with van der Waals surface area (Å²) in [6.45, 7) is 1.83. The highest BCUT2D eigenvalue weighted by Crippen LogP contribution is 2.27. The fourth-order valence-corrected chi connectivity index (χ4v) is 4.23. The first-order chi connectivity index (χ1) is 14.3. The first kappa shape index (κ1) is 21.7. The standard InChI is InChI=1S/C22H21ClN2O4S/c1-15(18-10-6-7-11-21(18)29-2)24-22(26)19-14-16(12-13-20(19)23)25-30(27,28)17-8-4-3-5-9-17/h3-15,25H,1-2H3,(H,24,26). The van der Waals surface area contributed by atoms with Gasteiger partial charge in [0, 0.05) is 11.3 Å². The number of hydrogen-bond donors (Lipinski definition) is 2. The van der Waals surface area contributed by atoms with Gasteiger partial charge in [-0.2, -0.15) is 0 Å². The number of amides is 1. The Labute approximate surface area is 180 Å². The molecule has 0 spiro atoms. The number of ether oxygens (including phenoxy) is 1. The van der Waals surface area contributed by atoms with Crippen molar-refractivity contribution >= 4 is 33.2 Å². The number of rotatable bonds is 7. The van der Waals surface area contributed by atoms with E-state index in [0.29, 0.717) is 5.75 Å². The number of halogens is 1. The second kappa shape index (κ2) is 9.19. The zero-order valence-electron chi connectivity index (χ0n) is 16.4. The van der Waals surface area contributed by atoms with Crippen molar-refractivity contribution in [1.29, 1.82) is 0 Å². The summed E-state index contributed by atoms with van der Waals surface area (Å²) in [6, 6.07) is 19.4. The highest BCUT2D eigenvalue weighted by Gasteiger charge is 2.19. The maximum absolute atomic E-state index is 12.8. The lowest BCUT2D eigenvalue weighted by molar-refractivity contribution is 0.0939. The van der Waals surface area contributed by atoms with Gasteiger partial charge < -0.3 is 10.1 Å². The molecule has 0 radical (unpaired) electrons. The van der Waals surface area contributed by atoms with Gasteiger partial charge >= 0.3 is 0 Å². The lowest BCUT2D eigenvalue weighted by atomic mass is 10.1. The van der Waals surface area contributed by atoms with Crippen molar-refractivity contribution in [3.8, 4) is 5.75 Å². The normalized spacial score (nSPS) is 12.1. The zero-order chi connectivity index (χ0) is 21.7. The van der Waals surface area contributed by atoms with Crippen molar-refractivity contribution < 1.29 is 17.9 Å². The smallest absolute Gasteiger partial charge is 0.261 e. The van der Waals surface area contributed by atoms with Gasteiger partial charge in [-0.15, -0.1) is 0 Å². The van der Waals surface area contributed by atoms with E-state index in [2.05, 4.69) is 10.0 Å². The average Bonchev–Trinajstić information content (AvgIpc) is 2.75. The van der Waals surface area contributed by atoms with Gasteiger partial charge in [0.1, 0.15) is 5.75 Å². The Kier molecular flexibility index (Phi) is 6.64. The summed E-state index contributed by atoms with van der Waals surface area (Å²) in [6.07, 6.45) is 0. The second-order valence-electron chi connectivity index (χ2n) is 6.55. The summed E-state index contributed by atoms with van der Waals surface area (Å²) >= 11 is 6.20. The van der Waals surface area contributed by atoms with Crippen LogP contribution in [0, 0.1) is 0 Å². The van der Waals surface area contributed by atoms with Gasteiger partial charge in [0.15, 0.2) is 0 Å². The summed E-state index contributed by atoms with van der Waals surface area (Å²) in [4.78, 5) is 12.9. The van der Waals surface area contributed by atoms with Gasteiger partial charge in [0.05, 0.1) is 28.6 Å². The summed E-state index contributed by atoms with van der Waals surface area (Å²) < 4.78 is 32.9. The minimum absolute atomic E-state index is 0.121. The van der Waals surface area contributed by atoms with Crippen LogP contribution < -0.4 is 14.8 Å². The molecule has 0 saturated carbocycles. The highest BCUT2D eigenvalue weighted by molar-refractivity contribution is 7.92. The van der Waals surface area contributed by atoms with Crippen LogP contribution in [0.1, 0.15) is 28.9 Å². The van der Waals surface area contributed by atoms with Crippen LogP contribution in [0.4, 0.5) is 5.69 Å². The van der Waals surface area contributed by atoms with E-state index < -0.39 is 15.9 Å². The molecule has 1 unspecified atom stereocenters. The third-order valence-electron chi connectivity index (χ3n) is 4.47. The van der Waals surface area contributed by atoms with E-state index in [1.165, 1.54) is 30.3 Å². The molecule has 0 fully saturated rings. The first-order valence-corrected chi connectivity index (χ1v) is 11.0. The Morgan fingerprint density at radius 1 is 1.00 bits per heavy atom. The van der Waals surface area contributed by atoms with Crippen LogP contribution in [0.5, 0.6) is 5.75 Å². The molecule has 6 nitrogen and oxygen atoms in total. The molecule has 0 aliphatic carbocycles. The molecule has 3 aromatic carbocycles. The Bertz CT molecular complexity index is 1150. The van der Waals surface area contributed by atoms with Crippen molar-refractivity contribution in [2.45, 2.75) is 17.9 Å². The van der Waals surface area contributed by atoms with Crippen LogP contribution in [0.15, 0.2) is 77.7 Å². The van der Waals surface area contributed by atoms with Crippen LogP contribution in [0.25, 0.3) is 0 Å². The van der Waals surface area contributed by atoms with Crippen LogP contribution in [0.2, 0.25) is 5.02 Å². The van der Waals surface area contributed by atoms with Crippen molar-refractivity contribution in [3.63, 3.8) is 0 Å². The van der Waals surface area contributed by atoms with Gasteiger partial charge in [-0.25, -0.2) is 8.42 Å². The van der Waals surface area contributed by atoms with E-state index in [4.69, 9.17) is 16.3 Å². The Morgan fingerprint density at radius 3 is 2.37 bits per heavy atom. The van der Waals surface area contributed by atoms with Gasteiger partial charge in [-0.3, -0.25) is 9.52 Å². The SMILES string of the molecule is COc1ccccc1C(C)NC(=O)c1cc(NS(=O)(=O)c2ccccc2)ccc1Cl. The van der Waals surface area contributed by atoms with Crippen LogP contribution in [-0.2, 0) is 10.0 Å². The van der Waals surface area contributed by atoms with Gasteiger partial charge in [0.2, 0.25) is 0 Å². The monoisotopic (exact) mass is 444 g/mol. The molecular formula is C22H21ClN2O4S. The highest BCUT2D eigenvalue weighted by atomic mass is 35.5. The summed E-state index contributed by atoms with van der Waals surface area (Å²) in [7, 11) is -2.22. The van der Waals surface area contributed by atoms with E-state index >= 15 is 0 Å². The summed E-state index contributed by atoms with van der Waals surface area (Å²) in [5, 5.41) is 3.08. The predicted octanol–water partition coefficient (Wildman–Crippen LogP) is 4.64. The van der Waals surface area contributed by atoms with E-state index in [1.54, 1.807) is 25.3 Å². The summed E-state index contributed by atoms with van der Waals surface area (Å²) in [5.74, 6) is 0.222. The molecule has 0 heterocycles. The fraction of sp³-hybridized carbons (Fsp3) is 0.136. The van der Waals surface area contributed by atoms with Crippen LogP contribution in [0.3, 0.4) is 0 Å². The second-order valence-corrected chi connectivity index (χ2v) is 8.64. The van der Waals surface area contributed by atoms with Crippen LogP contribution in [-0.4, -0.2) is 21.4 Å². The lowest BCUT2D eigenvalue weighted by Gasteiger charge is -2.18. The minimum atomic E-state index is -3.79. The third-order valence-corrected chi connectivity index (χ3v) is 6.20. The van der Waals surface area contributed by atoms with Gasteiger partial charge in [-0.1, -0.05) is 48.0 Å². The maximum atomic E-state index is 12.8. The number of anilines is 1. The van der Waals surface area contributed by atoms with E-state index in [1.807, 2.05) is 31.2 Å². The molecule has 1 atom stereocenters. The molecule has 0 aromatic heterocycles. The lowest BCUT2D eigenvalue weighted by Crippen LogP contribution is -2.27. The van der Waals surface area contributed by atoms with Crippen molar-refractivity contribution in [2.75, 3.05) is 11.8 Å². The van der Waals surface area contributed by atoms with E-state index in [-0.39, 0.29) is 27.2 Å². The number of nitrogens with one attached hydrogen (secondary N) is 2. The molecule has 30 heavy (non-hydrogen) atoms.